The highest BCUT2D eigenvalue weighted by Gasteiger charge is 2.37. The number of hydrogen-bond donors (Lipinski definition) is 1. The number of aromatic nitrogens is 2. The summed E-state index contributed by atoms with van der Waals surface area (Å²) in [6.45, 7) is 6.26. The number of nitrogens with one attached hydrogen (secondary N) is 1. The molecule has 0 amide bonds. The fourth-order valence-corrected chi connectivity index (χ4v) is 5.41. The highest BCUT2D eigenvalue weighted by Crippen LogP contribution is 2.31. The van der Waals surface area contributed by atoms with Crippen molar-refractivity contribution in [2.24, 2.45) is 4.99 Å². The molecular weight excluding hydrogens is 503 g/mol. The van der Waals surface area contributed by atoms with Crippen LogP contribution in [0.4, 0.5) is 10.2 Å². The first-order valence-corrected chi connectivity index (χ1v) is 14.4. The second kappa shape index (κ2) is 11.2. The maximum absolute atomic E-state index is 15.7. The number of rotatable bonds is 9. The summed E-state index contributed by atoms with van der Waals surface area (Å²) in [5, 5.41) is 3.22. The van der Waals surface area contributed by atoms with E-state index in [-0.39, 0.29) is 38.5 Å². The van der Waals surface area contributed by atoms with Crippen LogP contribution in [-0.2, 0) is 10.0 Å². The Morgan fingerprint density at radius 2 is 2.05 bits per heavy atom. The molecule has 202 valence electrons. The summed E-state index contributed by atoms with van der Waals surface area (Å²) in [6.07, 6.45) is 10.7. The van der Waals surface area contributed by atoms with Crippen LogP contribution in [0.25, 0.3) is 22.5 Å². The van der Waals surface area contributed by atoms with Crippen molar-refractivity contribution in [3.63, 3.8) is 0 Å². The van der Waals surface area contributed by atoms with Crippen LogP contribution in [-0.4, -0.2) is 85.5 Å². The van der Waals surface area contributed by atoms with Crippen LogP contribution < -0.4 is 5.32 Å². The Bertz CT molecular complexity index is 1390. The zero-order valence-corrected chi connectivity index (χ0v) is 23.2. The SMILES string of the molecule is C=C/C(=C\N(C)C)c1cccc(-c2ncc(C3=CC(C)N=C3)c(NCC3(F)CCN(S(C)(=O)=O)CC3)n2)c1. The molecule has 0 saturated carbocycles. The quantitative estimate of drug-likeness (QED) is 0.480. The van der Waals surface area contributed by atoms with E-state index in [4.69, 9.17) is 4.98 Å². The molecule has 0 radical (unpaired) electrons. The number of nitrogens with zero attached hydrogens (tertiary/aromatic N) is 5. The van der Waals surface area contributed by atoms with Gasteiger partial charge in [-0.25, -0.2) is 27.1 Å². The molecule has 1 fully saturated rings. The lowest BCUT2D eigenvalue weighted by atomic mass is 9.94. The monoisotopic (exact) mass is 538 g/mol. The van der Waals surface area contributed by atoms with Gasteiger partial charge in [0.05, 0.1) is 18.8 Å². The van der Waals surface area contributed by atoms with Crippen molar-refractivity contribution in [1.29, 1.82) is 0 Å². The van der Waals surface area contributed by atoms with Crippen LogP contribution in [0.15, 0.2) is 60.4 Å². The lowest BCUT2D eigenvalue weighted by molar-refractivity contribution is 0.102. The minimum Gasteiger partial charge on any atom is -0.383 e. The van der Waals surface area contributed by atoms with Gasteiger partial charge in [-0.05, 0) is 37.0 Å². The molecule has 1 aromatic heterocycles. The summed E-state index contributed by atoms with van der Waals surface area (Å²) in [7, 11) is 0.582. The van der Waals surface area contributed by atoms with Crippen molar-refractivity contribution < 1.29 is 12.8 Å². The molecular formula is C28H35FN6O2S. The Kier molecular flexibility index (Phi) is 8.13. The highest BCUT2D eigenvalue weighted by atomic mass is 32.2. The number of alkyl halides is 1. The van der Waals surface area contributed by atoms with Crippen LogP contribution in [0.3, 0.4) is 0 Å². The molecule has 0 bridgehead atoms. The average Bonchev–Trinajstić information content (AvgIpc) is 3.31. The molecule has 0 aliphatic carbocycles. The second-order valence-corrected chi connectivity index (χ2v) is 12.1. The third kappa shape index (κ3) is 6.54. The fraction of sp³-hybridized carbons (Fsp3) is 0.393. The number of sulfonamides is 1. The van der Waals surface area contributed by atoms with Gasteiger partial charge in [-0.1, -0.05) is 36.9 Å². The lowest BCUT2D eigenvalue weighted by Crippen LogP contribution is -2.47. The first kappa shape index (κ1) is 27.7. The van der Waals surface area contributed by atoms with E-state index in [2.05, 4.69) is 21.9 Å². The predicted molar refractivity (Wildman–Crippen MR) is 153 cm³/mol. The Labute approximate surface area is 224 Å². The summed E-state index contributed by atoms with van der Waals surface area (Å²) in [4.78, 5) is 15.8. The van der Waals surface area contributed by atoms with Crippen molar-refractivity contribution in [1.82, 2.24) is 19.2 Å². The first-order chi connectivity index (χ1) is 18.0. The summed E-state index contributed by atoms with van der Waals surface area (Å²) >= 11 is 0. The predicted octanol–water partition coefficient (Wildman–Crippen LogP) is 4.26. The van der Waals surface area contributed by atoms with Gasteiger partial charge in [-0.2, -0.15) is 0 Å². The van der Waals surface area contributed by atoms with Crippen molar-refractivity contribution in [2.45, 2.75) is 31.5 Å². The van der Waals surface area contributed by atoms with Gasteiger partial charge < -0.3 is 10.2 Å². The molecule has 1 saturated heterocycles. The highest BCUT2D eigenvalue weighted by molar-refractivity contribution is 7.88. The summed E-state index contributed by atoms with van der Waals surface area (Å²) < 4.78 is 40.7. The smallest absolute Gasteiger partial charge is 0.211 e. The number of piperidine rings is 1. The molecule has 1 atom stereocenters. The normalized spacial score (nSPS) is 19.8. The standard InChI is InChI=1S/C28H35FN6O2S/c1-6-21(18-34(3)4)22-8-7-9-23(15-22)26-31-17-25(24-14-20(2)30-16-24)27(33-26)32-19-28(29)10-12-35(13-11-28)38(5,36)37/h6-9,14-18,20H,1,10-13,19H2,2-5H3,(H,31,32,33)/b21-18+. The van der Waals surface area contributed by atoms with E-state index in [0.29, 0.717) is 11.6 Å². The zero-order chi connectivity index (χ0) is 27.5. The van der Waals surface area contributed by atoms with E-state index in [1.807, 2.05) is 62.5 Å². The average molecular weight is 539 g/mol. The summed E-state index contributed by atoms with van der Waals surface area (Å²) in [6, 6.07) is 7.94. The van der Waals surface area contributed by atoms with E-state index in [1.165, 1.54) is 4.31 Å². The molecule has 2 aliphatic rings. The van der Waals surface area contributed by atoms with Crippen molar-refractivity contribution >= 4 is 33.2 Å². The Balaban J connectivity index is 1.63. The molecule has 38 heavy (non-hydrogen) atoms. The van der Waals surface area contributed by atoms with E-state index >= 15 is 4.39 Å². The van der Waals surface area contributed by atoms with Crippen LogP contribution >= 0.6 is 0 Å². The number of allylic oxidation sites excluding steroid dienone is 3. The van der Waals surface area contributed by atoms with E-state index in [0.717, 1.165) is 34.1 Å². The van der Waals surface area contributed by atoms with Gasteiger partial charge in [0.15, 0.2) is 5.82 Å². The molecule has 3 heterocycles. The van der Waals surface area contributed by atoms with E-state index in [1.54, 1.807) is 18.5 Å². The zero-order valence-electron chi connectivity index (χ0n) is 22.4. The van der Waals surface area contributed by atoms with Gasteiger partial charge >= 0.3 is 0 Å². The Morgan fingerprint density at radius 3 is 2.66 bits per heavy atom. The number of benzene rings is 1. The third-order valence-corrected chi connectivity index (χ3v) is 8.00. The molecule has 1 aromatic carbocycles. The van der Waals surface area contributed by atoms with Gasteiger partial charge in [0.25, 0.3) is 0 Å². The topological polar surface area (TPSA) is 90.8 Å². The fourth-order valence-electron chi connectivity index (χ4n) is 4.57. The van der Waals surface area contributed by atoms with Crippen LogP contribution in [0.1, 0.15) is 30.9 Å². The number of hydrogen-bond acceptors (Lipinski definition) is 7. The molecule has 10 heteroatoms. The number of aliphatic imine (C=N–C) groups is 1. The molecule has 2 aromatic rings. The molecule has 2 aliphatic heterocycles. The lowest BCUT2D eigenvalue weighted by Gasteiger charge is -2.35. The van der Waals surface area contributed by atoms with Crippen molar-refractivity contribution in [3.8, 4) is 11.4 Å². The summed E-state index contributed by atoms with van der Waals surface area (Å²) in [5.41, 5.74) is 2.84. The number of anilines is 1. The Hall–Kier alpha value is -3.37. The van der Waals surface area contributed by atoms with E-state index < -0.39 is 15.7 Å². The molecule has 8 nitrogen and oxygen atoms in total. The maximum atomic E-state index is 15.7. The van der Waals surface area contributed by atoms with Crippen LogP contribution in [0.5, 0.6) is 0 Å². The largest absolute Gasteiger partial charge is 0.383 e. The van der Waals surface area contributed by atoms with Gasteiger partial charge in [0.1, 0.15) is 11.5 Å². The third-order valence-electron chi connectivity index (χ3n) is 6.70. The van der Waals surface area contributed by atoms with Gasteiger partial charge in [0, 0.05) is 62.5 Å². The second-order valence-electron chi connectivity index (χ2n) is 10.1. The van der Waals surface area contributed by atoms with Crippen LogP contribution in [0.2, 0.25) is 0 Å². The maximum Gasteiger partial charge on any atom is 0.211 e. The summed E-state index contributed by atoms with van der Waals surface area (Å²) in [5.74, 6) is 1.03. The number of halogens is 1. The van der Waals surface area contributed by atoms with Gasteiger partial charge in [0.2, 0.25) is 10.0 Å². The van der Waals surface area contributed by atoms with Gasteiger partial charge in [-0.15, -0.1) is 0 Å². The first-order valence-electron chi connectivity index (χ1n) is 12.6. The van der Waals surface area contributed by atoms with Crippen LogP contribution in [0, 0.1) is 0 Å². The molecule has 0 spiro atoms. The van der Waals surface area contributed by atoms with Crippen molar-refractivity contribution in [3.05, 3.63) is 66.5 Å². The Morgan fingerprint density at radius 1 is 1.32 bits per heavy atom. The minimum absolute atomic E-state index is 0.0141. The van der Waals surface area contributed by atoms with E-state index in [9.17, 15) is 8.42 Å². The molecule has 1 unspecified atom stereocenters. The minimum atomic E-state index is -3.33. The van der Waals surface area contributed by atoms with Crippen molar-refractivity contribution in [2.75, 3.05) is 45.3 Å². The van der Waals surface area contributed by atoms with Gasteiger partial charge in [-0.3, -0.25) is 4.99 Å². The molecule has 1 N–H and O–H groups in total. The molecule has 4 rings (SSSR count).